The SMILES string of the molecule is CCOc1cc2sccc2c(C)c1Br. The van der Waals surface area contributed by atoms with Crippen molar-refractivity contribution in [2.75, 3.05) is 6.61 Å². The summed E-state index contributed by atoms with van der Waals surface area (Å²) in [5.74, 6) is 0.944. The van der Waals surface area contributed by atoms with Gasteiger partial charge in [0, 0.05) is 4.70 Å². The predicted molar refractivity (Wildman–Crippen MR) is 65.4 cm³/mol. The highest BCUT2D eigenvalue weighted by Crippen LogP contribution is 2.37. The van der Waals surface area contributed by atoms with Crippen molar-refractivity contribution in [2.24, 2.45) is 0 Å². The molecule has 0 aliphatic rings. The van der Waals surface area contributed by atoms with E-state index in [2.05, 4.69) is 40.4 Å². The van der Waals surface area contributed by atoms with E-state index in [0.717, 1.165) is 10.2 Å². The molecule has 1 heterocycles. The molecule has 0 spiro atoms. The van der Waals surface area contributed by atoms with Crippen molar-refractivity contribution in [2.45, 2.75) is 13.8 Å². The average molecular weight is 271 g/mol. The summed E-state index contributed by atoms with van der Waals surface area (Å²) in [6.45, 7) is 4.82. The minimum absolute atomic E-state index is 0.703. The minimum Gasteiger partial charge on any atom is -0.493 e. The highest BCUT2D eigenvalue weighted by molar-refractivity contribution is 9.10. The molecule has 0 bridgehead atoms. The number of benzene rings is 1. The molecule has 0 atom stereocenters. The van der Waals surface area contributed by atoms with Crippen molar-refractivity contribution < 1.29 is 4.74 Å². The van der Waals surface area contributed by atoms with Crippen LogP contribution in [0, 0.1) is 6.92 Å². The fourth-order valence-corrected chi connectivity index (χ4v) is 2.80. The third-order valence-electron chi connectivity index (χ3n) is 2.21. The van der Waals surface area contributed by atoms with Crippen molar-refractivity contribution in [3.8, 4) is 5.75 Å². The summed E-state index contributed by atoms with van der Waals surface area (Å²) >= 11 is 5.32. The summed E-state index contributed by atoms with van der Waals surface area (Å²) in [6.07, 6.45) is 0. The van der Waals surface area contributed by atoms with Crippen LogP contribution in [0.5, 0.6) is 5.75 Å². The van der Waals surface area contributed by atoms with Gasteiger partial charge in [-0.1, -0.05) is 0 Å². The van der Waals surface area contributed by atoms with Crippen molar-refractivity contribution in [1.29, 1.82) is 0 Å². The van der Waals surface area contributed by atoms with E-state index in [4.69, 9.17) is 4.74 Å². The number of hydrogen-bond donors (Lipinski definition) is 0. The van der Waals surface area contributed by atoms with Gasteiger partial charge in [-0.15, -0.1) is 11.3 Å². The molecule has 1 aromatic carbocycles. The maximum absolute atomic E-state index is 5.55. The monoisotopic (exact) mass is 270 g/mol. The van der Waals surface area contributed by atoms with E-state index in [1.54, 1.807) is 11.3 Å². The van der Waals surface area contributed by atoms with E-state index in [1.807, 2.05) is 6.92 Å². The minimum atomic E-state index is 0.703. The Kier molecular flexibility index (Phi) is 2.79. The average Bonchev–Trinajstić information content (AvgIpc) is 2.62. The molecule has 0 aliphatic heterocycles. The Morgan fingerprint density at radius 1 is 1.50 bits per heavy atom. The van der Waals surface area contributed by atoms with Crippen molar-refractivity contribution >= 4 is 37.4 Å². The number of thiophene rings is 1. The largest absolute Gasteiger partial charge is 0.493 e. The van der Waals surface area contributed by atoms with E-state index in [9.17, 15) is 0 Å². The lowest BCUT2D eigenvalue weighted by Gasteiger charge is -2.08. The quantitative estimate of drug-likeness (QED) is 0.788. The molecule has 74 valence electrons. The van der Waals surface area contributed by atoms with Gasteiger partial charge in [-0.05, 0) is 58.2 Å². The molecule has 1 aromatic heterocycles. The Labute approximate surface area is 95.8 Å². The molecular formula is C11H11BrOS. The fourth-order valence-electron chi connectivity index (χ4n) is 1.49. The Bertz CT molecular complexity index is 462. The number of hydrogen-bond acceptors (Lipinski definition) is 2. The molecule has 0 unspecified atom stereocenters. The summed E-state index contributed by atoms with van der Waals surface area (Å²) in [5, 5.41) is 3.42. The topological polar surface area (TPSA) is 9.23 Å². The first-order valence-electron chi connectivity index (χ1n) is 4.53. The second-order valence-electron chi connectivity index (χ2n) is 3.08. The van der Waals surface area contributed by atoms with Gasteiger partial charge in [0.1, 0.15) is 5.75 Å². The van der Waals surface area contributed by atoms with Crippen molar-refractivity contribution in [3.05, 3.63) is 27.5 Å². The van der Waals surface area contributed by atoms with Gasteiger partial charge in [0.15, 0.2) is 0 Å². The maximum atomic E-state index is 5.55. The molecule has 3 heteroatoms. The van der Waals surface area contributed by atoms with Crippen LogP contribution in [0.2, 0.25) is 0 Å². The lowest BCUT2D eigenvalue weighted by Crippen LogP contribution is -1.93. The van der Waals surface area contributed by atoms with Crippen LogP contribution in [0.3, 0.4) is 0 Å². The third kappa shape index (κ3) is 1.55. The highest BCUT2D eigenvalue weighted by atomic mass is 79.9. The van der Waals surface area contributed by atoms with Crippen LogP contribution in [0.1, 0.15) is 12.5 Å². The van der Waals surface area contributed by atoms with Gasteiger partial charge in [0.05, 0.1) is 11.1 Å². The van der Waals surface area contributed by atoms with Crippen LogP contribution < -0.4 is 4.74 Å². The van der Waals surface area contributed by atoms with Crippen LogP contribution in [0.15, 0.2) is 22.0 Å². The van der Waals surface area contributed by atoms with Gasteiger partial charge in [0.25, 0.3) is 0 Å². The smallest absolute Gasteiger partial charge is 0.135 e. The summed E-state index contributed by atoms with van der Waals surface area (Å²) in [7, 11) is 0. The molecular weight excluding hydrogens is 260 g/mol. The first-order valence-corrected chi connectivity index (χ1v) is 6.20. The van der Waals surface area contributed by atoms with Crippen molar-refractivity contribution in [1.82, 2.24) is 0 Å². The molecule has 2 rings (SSSR count). The molecule has 14 heavy (non-hydrogen) atoms. The lowest BCUT2D eigenvalue weighted by atomic mass is 10.1. The Morgan fingerprint density at radius 2 is 2.29 bits per heavy atom. The molecule has 0 N–H and O–H groups in total. The molecule has 0 fully saturated rings. The maximum Gasteiger partial charge on any atom is 0.135 e. The van der Waals surface area contributed by atoms with Gasteiger partial charge < -0.3 is 4.74 Å². The van der Waals surface area contributed by atoms with Crippen LogP contribution in [0.4, 0.5) is 0 Å². The lowest BCUT2D eigenvalue weighted by molar-refractivity contribution is 0.338. The van der Waals surface area contributed by atoms with Gasteiger partial charge in [-0.25, -0.2) is 0 Å². The number of halogens is 1. The summed E-state index contributed by atoms with van der Waals surface area (Å²) in [4.78, 5) is 0. The van der Waals surface area contributed by atoms with Gasteiger partial charge in [0.2, 0.25) is 0 Å². The number of ether oxygens (including phenoxy) is 1. The number of fused-ring (bicyclic) bond motifs is 1. The van der Waals surface area contributed by atoms with E-state index in [1.165, 1.54) is 15.6 Å². The predicted octanol–water partition coefficient (Wildman–Crippen LogP) is 4.37. The van der Waals surface area contributed by atoms with E-state index in [0.29, 0.717) is 6.61 Å². The standard InChI is InChI=1S/C11H11BrOS/c1-3-13-9-6-10-8(4-5-14-10)7(2)11(9)12/h4-6H,3H2,1-2H3. The van der Waals surface area contributed by atoms with Crippen LogP contribution in [-0.2, 0) is 0 Å². The highest BCUT2D eigenvalue weighted by Gasteiger charge is 2.09. The van der Waals surface area contributed by atoms with E-state index >= 15 is 0 Å². The van der Waals surface area contributed by atoms with Crippen LogP contribution in [-0.4, -0.2) is 6.61 Å². The van der Waals surface area contributed by atoms with E-state index in [-0.39, 0.29) is 0 Å². The second-order valence-corrected chi connectivity index (χ2v) is 4.82. The second kappa shape index (κ2) is 3.91. The zero-order valence-corrected chi connectivity index (χ0v) is 10.5. The Morgan fingerprint density at radius 3 is 3.00 bits per heavy atom. The van der Waals surface area contributed by atoms with Gasteiger partial charge in [-0.2, -0.15) is 0 Å². The Balaban J connectivity index is 2.67. The molecule has 0 saturated heterocycles. The first kappa shape index (κ1) is 9.99. The van der Waals surface area contributed by atoms with Gasteiger partial charge >= 0.3 is 0 Å². The molecule has 1 nitrogen and oxygen atoms in total. The molecule has 0 amide bonds. The molecule has 0 aliphatic carbocycles. The molecule has 2 aromatic rings. The van der Waals surface area contributed by atoms with Crippen molar-refractivity contribution in [3.63, 3.8) is 0 Å². The van der Waals surface area contributed by atoms with Crippen LogP contribution >= 0.6 is 27.3 Å². The normalized spacial score (nSPS) is 10.8. The zero-order valence-electron chi connectivity index (χ0n) is 8.13. The fraction of sp³-hybridized carbons (Fsp3) is 0.273. The number of aryl methyl sites for hydroxylation is 1. The van der Waals surface area contributed by atoms with Gasteiger partial charge in [-0.3, -0.25) is 0 Å². The molecule has 0 radical (unpaired) electrons. The summed E-state index contributed by atoms with van der Waals surface area (Å²) in [6, 6.07) is 4.25. The zero-order chi connectivity index (χ0) is 10.1. The van der Waals surface area contributed by atoms with E-state index < -0.39 is 0 Å². The first-order chi connectivity index (χ1) is 6.74. The summed E-state index contributed by atoms with van der Waals surface area (Å²) < 4.78 is 7.92. The Hall–Kier alpha value is -0.540. The molecule has 0 saturated carbocycles. The van der Waals surface area contributed by atoms with Crippen LogP contribution in [0.25, 0.3) is 10.1 Å². The summed E-state index contributed by atoms with van der Waals surface area (Å²) in [5.41, 5.74) is 1.26. The third-order valence-corrected chi connectivity index (χ3v) is 4.06. The number of rotatable bonds is 2.